The molecule has 0 fully saturated rings. The zero-order valence-electron chi connectivity index (χ0n) is 24.3. The number of para-hydroxylation sites is 1. The van der Waals surface area contributed by atoms with Crippen LogP contribution in [0.4, 0.5) is 5.69 Å². The predicted octanol–water partition coefficient (Wildman–Crippen LogP) is 9.39. The lowest BCUT2D eigenvalue weighted by Crippen LogP contribution is -2.19. The van der Waals surface area contributed by atoms with Crippen LogP contribution < -0.4 is 14.8 Å². The summed E-state index contributed by atoms with van der Waals surface area (Å²) in [6, 6.07) is 13.4. The Bertz CT molecular complexity index is 1040. The number of rotatable bonds is 19. The van der Waals surface area contributed by atoms with Gasteiger partial charge in [0.15, 0.2) is 11.5 Å². The van der Waals surface area contributed by atoms with E-state index in [1.165, 1.54) is 69.1 Å². The second kappa shape index (κ2) is 17.9. The molecule has 0 bridgehead atoms. The van der Waals surface area contributed by atoms with Gasteiger partial charge in [-0.05, 0) is 42.0 Å². The Balaban J connectivity index is 1.46. The largest absolute Gasteiger partial charge is 0.493 e. The molecule has 6 heteroatoms. The number of hydrogen-bond donors (Lipinski definition) is 1. The average molecular weight is 553 g/mol. The molecule has 2 aromatic rings. The summed E-state index contributed by atoms with van der Waals surface area (Å²) in [6.45, 7) is 5.70. The van der Waals surface area contributed by atoms with Crippen molar-refractivity contribution in [2.75, 3.05) is 24.9 Å². The standard InChI is InChI=1S/C33H48N2O3S/c1-4-5-6-7-8-9-10-11-12-13-14-17-23-38-32-30(21-18-22-31(32)37-3)34-33(36)29-20-16-15-19-28(29)25-35-24-27(2)39-26-35/h15-16,18-22,24H,4-14,17,23,25-26H2,1-3H3,(H,34,36). The summed E-state index contributed by atoms with van der Waals surface area (Å²) in [5.41, 5.74) is 2.32. The summed E-state index contributed by atoms with van der Waals surface area (Å²) < 4.78 is 11.7. The molecule has 3 rings (SSSR count). The lowest BCUT2D eigenvalue weighted by molar-refractivity contribution is 0.102. The van der Waals surface area contributed by atoms with Crippen LogP contribution in [-0.4, -0.2) is 30.4 Å². The van der Waals surface area contributed by atoms with E-state index in [0.29, 0.717) is 35.9 Å². The third kappa shape index (κ3) is 10.8. The van der Waals surface area contributed by atoms with E-state index in [1.54, 1.807) is 7.11 Å². The van der Waals surface area contributed by atoms with Crippen LogP contribution in [0, 0.1) is 0 Å². The molecule has 39 heavy (non-hydrogen) atoms. The number of methoxy groups -OCH3 is 1. The first-order valence-corrected chi connectivity index (χ1v) is 15.8. The van der Waals surface area contributed by atoms with Gasteiger partial charge in [-0.2, -0.15) is 0 Å². The summed E-state index contributed by atoms with van der Waals surface area (Å²) in [4.78, 5) is 16.9. The zero-order chi connectivity index (χ0) is 27.7. The molecule has 0 atom stereocenters. The summed E-state index contributed by atoms with van der Waals surface area (Å²) in [5.74, 6) is 2.01. The van der Waals surface area contributed by atoms with E-state index in [9.17, 15) is 4.79 Å². The molecule has 0 saturated carbocycles. The number of unbranched alkanes of at least 4 members (excludes halogenated alkanes) is 11. The highest BCUT2D eigenvalue weighted by Crippen LogP contribution is 2.36. The molecule has 1 heterocycles. The van der Waals surface area contributed by atoms with Gasteiger partial charge in [0.1, 0.15) is 0 Å². The Morgan fingerprint density at radius 1 is 0.897 bits per heavy atom. The number of allylic oxidation sites excluding steroid dienone is 1. The minimum absolute atomic E-state index is 0.137. The fourth-order valence-electron chi connectivity index (χ4n) is 4.94. The van der Waals surface area contributed by atoms with Crippen LogP contribution in [0.15, 0.2) is 53.6 Å². The van der Waals surface area contributed by atoms with Crippen molar-refractivity contribution >= 4 is 23.4 Å². The van der Waals surface area contributed by atoms with Crippen LogP contribution in [0.1, 0.15) is 107 Å². The second-order valence-corrected chi connectivity index (χ2v) is 11.6. The van der Waals surface area contributed by atoms with Gasteiger partial charge in [0, 0.05) is 18.3 Å². The molecular formula is C33H48N2O3S. The number of benzene rings is 2. The van der Waals surface area contributed by atoms with Crippen LogP contribution in [0.3, 0.4) is 0 Å². The quantitative estimate of drug-likeness (QED) is 0.176. The lowest BCUT2D eigenvalue weighted by atomic mass is 10.1. The van der Waals surface area contributed by atoms with E-state index in [2.05, 4.69) is 30.3 Å². The van der Waals surface area contributed by atoms with Crippen LogP contribution in [0.5, 0.6) is 11.5 Å². The van der Waals surface area contributed by atoms with Crippen molar-refractivity contribution in [3.8, 4) is 11.5 Å². The number of nitrogens with zero attached hydrogens (tertiary/aromatic N) is 1. The summed E-state index contributed by atoms with van der Waals surface area (Å²) >= 11 is 1.82. The molecule has 0 radical (unpaired) electrons. The molecule has 5 nitrogen and oxygen atoms in total. The highest BCUT2D eigenvalue weighted by Gasteiger charge is 2.18. The van der Waals surface area contributed by atoms with Gasteiger partial charge in [-0.15, -0.1) is 11.8 Å². The summed E-state index contributed by atoms with van der Waals surface area (Å²) in [6.07, 6.45) is 17.8. The van der Waals surface area contributed by atoms with E-state index in [1.807, 2.05) is 54.2 Å². The average Bonchev–Trinajstić information content (AvgIpc) is 3.36. The van der Waals surface area contributed by atoms with Gasteiger partial charge in [0.2, 0.25) is 0 Å². The van der Waals surface area contributed by atoms with Crippen molar-refractivity contribution in [3.63, 3.8) is 0 Å². The minimum atomic E-state index is -0.137. The van der Waals surface area contributed by atoms with E-state index in [-0.39, 0.29) is 5.91 Å². The Morgan fingerprint density at radius 3 is 2.21 bits per heavy atom. The third-order valence-electron chi connectivity index (χ3n) is 7.15. The fraction of sp³-hybridized carbons (Fsp3) is 0.545. The van der Waals surface area contributed by atoms with Crippen LogP contribution >= 0.6 is 11.8 Å². The number of anilines is 1. The number of amides is 1. The SMILES string of the molecule is CCCCCCCCCCCCCCOc1c(NC(=O)c2ccccc2CN2C=C(C)SC2)cccc1OC. The minimum Gasteiger partial charge on any atom is -0.493 e. The molecule has 0 saturated heterocycles. The molecule has 0 aliphatic carbocycles. The monoisotopic (exact) mass is 552 g/mol. The molecular weight excluding hydrogens is 504 g/mol. The van der Waals surface area contributed by atoms with E-state index in [4.69, 9.17) is 9.47 Å². The predicted molar refractivity (Wildman–Crippen MR) is 166 cm³/mol. The van der Waals surface area contributed by atoms with E-state index in [0.717, 1.165) is 24.3 Å². The van der Waals surface area contributed by atoms with Crippen molar-refractivity contribution < 1.29 is 14.3 Å². The molecule has 1 N–H and O–H groups in total. The molecule has 1 amide bonds. The van der Waals surface area contributed by atoms with Crippen LogP contribution in [0.2, 0.25) is 0 Å². The van der Waals surface area contributed by atoms with Crippen molar-refractivity contribution in [2.45, 2.75) is 97.4 Å². The Labute approximate surface area is 240 Å². The van der Waals surface area contributed by atoms with Gasteiger partial charge >= 0.3 is 0 Å². The normalized spacial score (nSPS) is 12.9. The summed E-state index contributed by atoms with van der Waals surface area (Å²) in [5, 5.41) is 3.09. The maximum atomic E-state index is 13.4. The molecule has 2 aromatic carbocycles. The molecule has 1 aliphatic heterocycles. The molecule has 0 spiro atoms. The highest BCUT2D eigenvalue weighted by atomic mass is 32.2. The van der Waals surface area contributed by atoms with Crippen molar-refractivity contribution in [3.05, 3.63) is 64.7 Å². The number of carbonyl (C=O) groups excluding carboxylic acids is 1. The zero-order valence-corrected chi connectivity index (χ0v) is 25.1. The topological polar surface area (TPSA) is 50.8 Å². The first-order valence-electron chi connectivity index (χ1n) is 14.9. The highest BCUT2D eigenvalue weighted by molar-refractivity contribution is 8.03. The number of thioether (sulfide) groups is 1. The fourth-order valence-corrected chi connectivity index (χ4v) is 5.70. The van der Waals surface area contributed by atoms with Gasteiger partial charge < -0.3 is 19.7 Å². The molecule has 1 aliphatic rings. The van der Waals surface area contributed by atoms with Gasteiger partial charge in [-0.25, -0.2) is 0 Å². The van der Waals surface area contributed by atoms with Crippen LogP contribution in [-0.2, 0) is 6.54 Å². The molecule has 0 aromatic heterocycles. The maximum Gasteiger partial charge on any atom is 0.256 e. The van der Waals surface area contributed by atoms with Crippen molar-refractivity contribution in [1.29, 1.82) is 0 Å². The van der Waals surface area contributed by atoms with Crippen molar-refractivity contribution in [1.82, 2.24) is 4.90 Å². The van der Waals surface area contributed by atoms with Gasteiger partial charge in [-0.3, -0.25) is 4.79 Å². The third-order valence-corrected chi connectivity index (χ3v) is 8.17. The Hall–Kier alpha value is -2.60. The lowest BCUT2D eigenvalue weighted by Gasteiger charge is -2.18. The van der Waals surface area contributed by atoms with Gasteiger partial charge in [0.05, 0.1) is 25.3 Å². The number of hydrogen-bond acceptors (Lipinski definition) is 5. The maximum absolute atomic E-state index is 13.4. The Morgan fingerprint density at radius 2 is 1.56 bits per heavy atom. The molecule has 214 valence electrons. The van der Waals surface area contributed by atoms with Gasteiger partial charge in [-0.1, -0.05) is 102 Å². The first-order chi connectivity index (χ1) is 19.1. The smallest absolute Gasteiger partial charge is 0.256 e. The summed E-state index contributed by atoms with van der Waals surface area (Å²) in [7, 11) is 1.64. The number of ether oxygens (including phenoxy) is 2. The van der Waals surface area contributed by atoms with Crippen molar-refractivity contribution in [2.24, 2.45) is 0 Å². The van der Waals surface area contributed by atoms with Crippen LogP contribution in [0.25, 0.3) is 0 Å². The first kappa shape index (κ1) is 30.9. The number of nitrogens with one attached hydrogen (secondary N) is 1. The second-order valence-electron chi connectivity index (χ2n) is 10.4. The Kier molecular flexibility index (Phi) is 14.2. The van der Waals surface area contributed by atoms with E-state index >= 15 is 0 Å². The number of carbonyl (C=O) groups is 1. The molecule has 0 unspecified atom stereocenters. The van der Waals surface area contributed by atoms with E-state index < -0.39 is 0 Å². The van der Waals surface area contributed by atoms with Gasteiger partial charge in [0.25, 0.3) is 5.91 Å².